The molecule has 0 aliphatic rings. The maximum absolute atomic E-state index is 10.2. The first-order valence-electron chi connectivity index (χ1n) is 8.00. The van der Waals surface area contributed by atoms with Crippen LogP contribution < -0.4 is 0 Å². The Morgan fingerprint density at radius 2 is 1.33 bits per heavy atom. The Balaban J connectivity index is 0. The van der Waals surface area contributed by atoms with Crippen molar-refractivity contribution in [3.05, 3.63) is 36.5 Å². The van der Waals surface area contributed by atoms with E-state index in [1.54, 1.807) is 6.08 Å². The molecule has 0 atom stereocenters. The van der Waals surface area contributed by atoms with Gasteiger partial charge in [0.15, 0.2) is 0 Å². The fraction of sp³-hybridized carbons (Fsp3) is 0.611. The number of carboxylic acid groups (broad SMARTS) is 1. The van der Waals surface area contributed by atoms with Gasteiger partial charge < -0.3 is 5.11 Å². The molecular weight excluding hydrogens is 288 g/mol. The number of unbranched alkanes of at least 4 members (excludes halogenated alkanes) is 9. The van der Waals surface area contributed by atoms with Crippen molar-refractivity contribution in [3.8, 4) is 0 Å². The average molecular weight is 321 g/mol. The van der Waals surface area contributed by atoms with Crippen LogP contribution in [0.15, 0.2) is 36.5 Å². The third kappa shape index (κ3) is 22.4. The summed E-state index contributed by atoms with van der Waals surface area (Å²) in [6.07, 6.45) is 23.7. The van der Waals surface area contributed by atoms with Gasteiger partial charge in [-0.1, -0.05) is 88.7 Å². The van der Waals surface area contributed by atoms with Gasteiger partial charge in [0, 0.05) is 6.08 Å². The topological polar surface area (TPSA) is 37.3 Å². The molecule has 3 heteroatoms. The molecule has 0 aromatic heterocycles. The third-order valence-electron chi connectivity index (χ3n) is 3.18. The number of rotatable bonds is 13. The Hall–Kier alpha value is -0.0503. The first kappa shape index (κ1) is 23.2. The summed E-state index contributed by atoms with van der Waals surface area (Å²) in [6, 6.07) is 0. The first-order chi connectivity index (χ1) is 9.77. The van der Waals surface area contributed by atoms with Crippen LogP contribution >= 0.6 is 0 Å². The summed E-state index contributed by atoms with van der Waals surface area (Å²) >= 11 is 0. The monoisotopic (exact) mass is 320 g/mol. The molecule has 0 heterocycles. The molecule has 0 saturated carbocycles. The minimum absolute atomic E-state index is 0. The molecule has 0 saturated heterocycles. The summed E-state index contributed by atoms with van der Waals surface area (Å²) in [6.45, 7) is 2.26. The summed E-state index contributed by atoms with van der Waals surface area (Å²) < 4.78 is 0. The molecule has 0 bridgehead atoms. The van der Waals surface area contributed by atoms with Gasteiger partial charge in [-0.25, -0.2) is 4.79 Å². The van der Waals surface area contributed by atoms with E-state index in [4.69, 9.17) is 5.11 Å². The van der Waals surface area contributed by atoms with Gasteiger partial charge >= 0.3 is 43.7 Å². The average Bonchev–Trinajstić information content (AvgIpc) is 2.43. The predicted octanol–water partition coefficient (Wildman–Crippen LogP) is 4.74. The van der Waals surface area contributed by atoms with Crippen molar-refractivity contribution in [1.29, 1.82) is 0 Å². The molecular formula is C18H32CaO2. The molecule has 0 aliphatic carbocycles. The van der Waals surface area contributed by atoms with Crippen molar-refractivity contribution in [2.45, 2.75) is 71.1 Å². The first-order valence-corrected chi connectivity index (χ1v) is 8.00. The molecule has 0 amide bonds. The van der Waals surface area contributed by atoms with Gasteiger partial charge in [0.2, 0.25) is 0 Å². The van der Waals surface area contributed by atoms with E-state index in [9.17, 15) is 4.79 Å². The summed E-state index contributed by atoms with van der Waals surface area (Å²) in [5, 5.41) is 8.38. The van der Waals surface area contributed by atoms with Crippen molar-refractivity contribution < 1.29 is 9.90 Å². The van der Waals surface area contributed by atoms with Crippen molar-refractivity contribution in [2.75, 3.05) is 0 Å². The third-order valence-corrected chi connectivity index (χ3v) is 3.18. The summed E-state index contributed by atoms with van der Waals surface area (Å²) in [5.41, 5.74) is 0. The van der Waals surface area contributed by atoms with Crippen LogP contribution in [0.1, 0.15) is 71.1 Å². The van der Waals surface area contributed by atoms with Crippen LogP contribution in [0.3, 0.4) is 0 Å². The Labute approximate surface area is 160 Å². The molecule has 0 unspecified atom stereocenters. The molecule has 0 fully saturated rings. The van der Waals surface area contributed by atoms with Gasteiger partial charge in [0.05, 0.1) is 0 Å². The van der Waals surface area contributed by atoms with E-state index < -0.39 is 5.97 Å². The number of hydrogen-bond acceptors (Lipinski definition) is 1. The van der Waals surface area contributed by atoms with Gasteiger partial charge in [0.1, 0.15) is 0 Å². The van der Waals surface area contributed by atoms with Crippen LogP contribution in [-0.4, -0.2) is 48.8 Å². The molecule has 2 nitrogen and oxygen atoms in total. The molecule has 118 valence electrons. The van der Waals surface area contributed by atoms with Gasteiger partial charge in [-0.3, -0.25) is 0 Å². The second-order valence-corrected chi connectivity index (χ2v) is 5.13. The molecule has 21 heavy (non-hydrogen) atoms. The number of aliphatic carboxylic acids is 1. The fourth-order valence-electron chi connectivity index (χ4n) is 2.01. The Morgan fingerprint density at radius 1 is 0.810 bits per heavy atom. The number of carboxylic acids is 1. The molecule has 0 aromatic rings. The summed E-state index contributed by atoms with van der Waals surface area (Å²) in [7, 11) is 0. The van der Waals surface area contributed by atoms with Crippen LogP contribution in [0.4, 0.5) is 0 Å². The van der Waals surface area contributed by atoms with Gasteiger partial charge in [-0.15, -0.1) is 0 Å². The van der Waals surface area contributed by atoms with E-state index in [1.807, 2.05) is 12.2 Å². The molecule has 1 N–H and O–H groups in total. The van der Waals surface area contributed by atoms with Crippen molar-refractivity contribution in [1.82, 2.24) is 0 Å². The zero-order valence-corrected chi connectivity index (χ0v) is 12.9. The molecule has 0 spiro atoms. The minimum atomic E-state index is -0.909. The van der Waals surface area contributed by atoms with Crippen molar-refractivity contribution in [3.63, 3.8) is 0 Å². The van der Waals surface area contributed by atoms with Crippen LogP contribution in [0.2, 0.25) is 0 Å². The van der Waals surface area contributed by atoms with Gasteiger partial charge in [0.25, 0.3) is 0 Å². The van der Waals surface area contributed by atoms with E-state index in [0.717, 1.165) is 12.5 Å². The Bertz CT molecular complexity index is 306. The maximum atomic E-state index is 10.2. The molecule has 0 aliphatic heterocycles. The Morgan fingerprint density at radius 3 is 1.90 bits per heavy atom. The van der Waals surface area contributed by atoms with Gasteiger partial charge in [-0.05, 0) is 12.8 Å². The fourth-order valence-corrected chi connectivity index (χ4v) is 2.01. The van der Waals surface area contributed by atoms with Crippen LogP contribution in [-0.2, 0) is 4.79 Å². The van der Waals surface area contributed by atoms with E-state index in [2.05, 4.69) is 13.0 Å². The van der Waals surface area contributed by atoms with Gasteiger partial charge in [-0.2, -0.15) is 0 Å². The zero-order valence-electron chi connectivity index (χ0n) is 12.9. The van der Waals surface area contributed by atoms with Crippen LogP contribution in [0.25, 0.3) is 0 Å². The number of carbonyl (C=O) groups is 1. The molecule has 0 aromatic carbocycles. The normalized spacial score (nSPS) is 11.5. The second-order valence-electron chi connectivity index (χ2n) is 5.13. The van der Waals surface area contributed by atoms with Crippen LogP contribution in [0, 0.1) is 0 Å². The predicted molar refractivity (Wildman–Crippen MR) is 95.4 cm³/mol. The Kier molecular flexibility index (Phi) is 22.1. The zero-order chi connectivity index (χ0) is 14.9. The standard InChI is InChI=1S/C18H30O2.Ca.2H/c1-2-3-4-5-6-7-8-9-10-11-12-13-14-15-16-17-18(19)20;;;/h12-17H,2-11H2,1H3,(H,19,20);;;. The molecule has 0 rings (SSSR count). The van der Waals surface area contributed by atoms with Crippen LogP contribution in [0.5, 0.6) is 0 Å². The van der Waals surface area contributed by atoms with E-state index in [1.165, 1.54) is 63.9 Å². The number of hydrogen-bond donors (Lipinski definition) is 1. The quantitative estimate of drug-likeness (QED) is 0.230. The van der Waals surface area contributed by atoms with E-state index >= 15 is 0 Å². The van der Waals surface area contributed by atoms with Crippen molar-refractivity contribution in [2.24, 2.45) is 0 Å². The number of allylic oxidation sites excluding steroid dienone is 5. The van der Waals surface area contributed by atoms with E-state index in [0.29, 0.717) is 0 Å². The van der Waals surface area contributed by atoms with E-state index in [-0.39, 0.29) is 37.7 Å². The second kappa shape index (κ2) is 19.9. The molecule has 0 radical (unpaired) electrons. The van der Waals surface area contributed by atoms with Crippen molar-refractivity contribution >= 4 is 43.7 Å². The summed E-state index contributed by atoms with van der Waals surface area (Å²) in [5.74, 6) is -0.909. The summed E-state index contributed by atoms with van der Waals surface area (Å²) in [4.78, 5) is 10.2. The SMILES string of the molecule is CCCCCCCCCCCC=CC=CC=CC(=O)O.[CaH2].